The molecule has 148 valence electrons. The fourth-order valence-electron chi connectivity index (χ4n) is 4.06. The second-order valence-electron chi connectivity index (χ2n) is 7.64. The molecule has 2 fully saturated rings. The molecule has 3 unspecified atom stereocenters. The molecular weight excluding hydrogens is 347 g/mol. The van der Waals surface area contributed by atoms with Gasteiger partial charge in [0.05, 0.1) is 6.54 Å². The van der Waals surface area contributed by atoms with Gasteiger partial charge in [0.1, 0.15) is 5.82 Å². The van der Waals surface area contributed by atoms with Crippen molar-refractivity contribution >= 4 is 11.9 Å². The predicted octanol–water partition coefficient (Wildman–Crippen LogP) is 2.18. The standard InChI is InChI=1S/C20H29FN4O2/c1-14-5-2-3-8-17(14)23-20(27)24-19(26)13-25-10-9-22-12-18(25)15-6-4-7-16(21)11-15/h4,6-7,11,14,17-18,22H,2-3,5,8-10,12-13H2,1H3,(H2,23,24,26,27). The lowest BCUT2D eigenvalue weighted by Gasteiger charge is -2.36. The van der Waals surface area contributed by atoms with E-state index in [4.69, 9.17) is 0 Å². The van der Waals surface area contributed by atoms with Crippen LogP contribution in [0.1, 0.15) is 44.2 Å². The van der Waals surface area contributed by atoms with E-state index in [1.807, 2.05) is 11.0 Å². The summed E-state index contributed by atoms with van der Waals surface area (Å²) in [5.41, 5.74) is 0.829. The molecule has 0 radical (unpaired) electrons. The minimum Gasteiger partial charge on any atom is -0.335 e. The number of rotatable bonds is 4. The highest BCUT2D eigenvalue weighted by molar-refractivity contribution is 5.95. The van der Waals surface area contributed by atoms with Crippen molar-refractivity contribution in [2.24, 2.45) is 5.92 Å². The molecule has 0 bridgehead atoms. The first-order valence-corrected chi connectivity index (χ1v) is 9.83. The number of nitrogens with one attached hydrogen (secondary N) is 3. The molecule has 0 spiro atoms. The van der Waals surface area contributed by atoms with Crippen LogP contribution in [0.2, 0.25) is 0 Å². The largest absolute Gasteiger partial charge is 0.335 e. The molecule has 1 aliphatic carbocycles. The van der Waals surface area contributed by atoms with Gasteiger partial charge in [-0.15, -0.1) is 0 Å². The summed E-state index contributed by atoms with van der Waals surface area (Å²) >= 11 is 0. The van der Waals surface area contributed by atoms with Gasteiger partial charge in [-0.25, -0.2) is 9.18 Å². The normalized spacial score (nSPS) is 26.4. The van der Waals surface area contributed by atoms with Crippen molar-refractivity contribution in [1.29, 1.82) is 0 Å². The SMILES string of the molecule is CC1CCCCC1NC(=O)NC(=O)CN1CCNCC1c1cccc(F)c1. The zero-order chi connectivity index (χ0) is 19.2. The van der Waals surface area contributed by atoms with Crippen LogP contribution >= 0.6 is 0 Å². The number of amides is 3. The van der Waals surface area contributed by atoms with Gasteiger partial charge in [0.25, 0.3) is 0 Å². The third-order valence-electron chi connectivity index (χ3n) is 5.62. The van der Waals surface area contributed by atoms with Crippen LogP contribution in [0.3, 0.4) is 0 Å². The molecule has 1 aromatic carbocycles. The second kappa shape index (κ2) is 9.28. The van der Waals surface area contributed by atoms with Crippen LogP contribution in [-0.4, -0.2) is 49.1 Å². The van der Waals surface area contributed by atoms with Gasteiger partial charge >= 0.3 is 6.03 Å². The van der Waals surface area contributed by atoms with Crippen LogP contribution in [0, 0.1) is 11.7 Å². The molecule has 3 rings (SSSR count). The third kappa shape index (κ3) is 5.49. The Balaban J connectivity index is 1.54. The summed E-state index contributed by atoms with van der Waals surface area (Å²) in [7, 11) is 0. The molecule has 7 heteroatoms. The summed E-state index contributed by atoms with van der Waals surface area (Å²) in [4.78, 5) is 26.5. The van der Waals surface area contributed by atoms with Crippen LogP contribution < -0.4 is 16.0 Å². The minimum atomic E-state index is -0.420. The van der Waals surface area contributed by atoms with Crippen LogP contribution in [0.4, 0.5) is 9.18 Å². The minimum absolute atomic E-state index is 0.0957. The lowest BCUT2D eigenvalue weighted by Crippen LogP contribution is -2.52. The topological polar surface area (TPSA) is 73.5 Å². The average molecular weight is 376 g/mol. The Morgan fingerprint density at radius 1 is 1.30 bits per heavy atom. The van der Waals surface area contributed by atoms with E-state index in [-0.39, 0.29) is 30.4 Å². The highest BCUT2D eigenvalue weighted by atomic mass is 19.1. The van der Waals surface area contributed by atoms with Gasteiger partial charge in [0.15, 0.2) is 0 Å². The molecule has 27 heavy (non-hydrogen) atoms. The van der Waals surface area contributed by atoms with E-state index in [1.54, 1.807) is 6.07 Å². The van der Waals surface area contributed by atoms with Crippen molar-refractivity contribution in [3.8, 4) is 0 Å². The van der Waals surface area contributed by atoms with Gasteiger partial charge in [-0.2, -0.15) is 0 Å². The Morgan fingerprint density at radius 3 is 2.89 bits per heavy atom. The Kier molecular flexibility index (Phi) is 6.79. The fourth-order valence-corrected chi connectivity index (χ4v) is 4.06. The lowest BCUT2D eigenvalue weighted by molar-refractivity contribution is -0.122. The van der Waals surface area contributed by atoms with E-state index in [0.717, 1.165) is 31.4 Å². The molecule has 1 heterocycles. The average Bonchev–Trinajstić information content (AvgIpc) is 2.64. The van der Waals surface area contributed by atoms with E-state index in [0.29, 0.717) is 19.0 Å². The van der Waals surface area contributed by atoms with Crippen molar-refractivity contribution in [3.63, 3.8) is 0 Å². The molecule has 3 amide bonds. The number of carbonyl (C=O) groups excluding carboxylic acids is 2. The number of nitrogens with zero attached hydrogens (tertiary/aromatic N) is 1. The molecular formula is C20H29FN4O2. The maximum absolute atomic E-state index is 13.6. The number of hydrogen-bond acceptors (Lipinski definition) is 4. The van der Waals surface area contributed by atoms with E-state index in [9.17, 15) is 14.0 Å². The molecule has 1 saturated carbocycles. The zero-order valence-electron chi connectivity index (χ0n) is 15.8. The van der Waals surface area contributed by atoms with Crippen molar-refractivity contribution < 1.29 is 14.0 Å². The summed E-state index contributed by atoms with van der Waals surface area (Å²) in [5, 5.41) is 8.67. The summed E-state index contributed by atoms with van der Waals surface area (Å²) in [6, 6.07) is 6.07. The molecule has 6 nitrogen and oxygen atoms in total. The second-order valence-corrected chi connectivity index (χ2v) is 7.64. The molecule has 3 atom stereocenters. The highest BCUT2D eigenvalue weighted by Gasteiger charge is 2.27. The summed E-state index contributed by atoms with van der Waals surface area (Å²) < 4.78 is 13.6. The van der Waals surface area contributed by atoms with Crippen LogP contribution in [-0.2, 0) is 4.79 Å². The van der Waals surface area contributed by atoms with Crippen molar-refractivity contribution in [3.05, 3.63) is 35.6 Å². The molecule has 0 aromatic heterocycles. The van der Waals surface area contributed by atoms with Crippen molar-refractivity contribution in [1.82, 2.24) is 20.9 Å². The smallest absolute Gasteiger partial charge is 0.321 e. The Labute approximate surface area is 159 Å². The number of hydrogen-bond donors (Lipinski definition) is 3. The summed E-state index contributed by atoms with van der Waals surface area (Å²) in [6.07, 6.45) is 4.38. The van der Waals surface area contributed by atoms with Crippen molar-refractivity contribution in [2.45, 2.75) is 44.7 Å². The van der Waals surface area contributed by atoms with Gasteiger partial charge < -0.3 is 10.6 Å². The number of benzene rings is 1. The van der Waals surface area contributed by atoms with Gasteiger partial charge in [0, 0.05) is 31.7 Å². The first kappa shape index (κ1) is 19.8. The van der Waals surface area contributed by atoms with Crippen LogP contribution in [0.5, 0.6) is 0 Å². The first-order chi connectivity index (χ1) is 13.0. The Hall–Kier alpha value is -1.99. The predicted molar refractivity (Wildman–Crippen MR) is 102 cm³/mol. The van der Waals surface area contributed by atoms with Gasteiger partial charge in [-0.3, -0.25) is 15.0 Å². The maximum atomic E-state index is 13.6. The van der Waals surface area contributed by atoms with E-state index in [2.05, 4.69) is 22.9 Å². The monoisotopic (exact) mass is 376 g/mol. The van der Waals surface area contributed by atoms with Gasteiger partial charge in [-0.1, -0.05) is 31.9 Å². The maximum Gasteiger partial charge on any atom is 0.321 e. The lowest BCUT2D eigenvalue weighted by atomic mass is 9.86. The first-order valence-electron chi connectivity index (χ1n) is 9.83. The molecule has 1 aliphatic heterocycles. The fraction of sp³-hybridized carbons (Fsp3) is 0.600. The quantitative estimate of drug-likeness (QED) is 0.753. The number of imide groups is 1. The van der Waals surface area contributed by atoms with E-state index < -0.39 is 6.03 Å². The third-order valence-corrected chi connectivity index (χ3v) is 5.62. The van der Waals surface area contributed by atoms with Crippen LogP contribution in [0.25, 0.3) is 0 Å². The van der Waals surface area contributed by atoms with E-state index in [1.165, 1.54) is 18.6 Å². The number of urea groups is 1. The number of carbonyl (C=O) groups is 2. The molecule has 3 N–H and O–H groups in total. The van der Waals surface area contributed by atoms with Crippen LogP contribution in [0.15, 0.2) is 24.3 Å². The number of piperazine rings is 1. The zero-order valence-corrected chi connectivity index (χ0v) is 15.8. The Bertz CT molecular complexity index is 669. The highest BCUT2D eigenvalue weighted by Crippen LogP contribution is 2.24. The summed E-state index contributed by atoms with van der Waals surface area (Å²) in [6.45, 7) is 4.30. The Morgan fingerprint density at radius 2 is 2.11 bits per heavy atom. The van der Waals surface area contributed by atoms with Crippen molar-refractivity contribution in [2.75, 3.05) is 26.2 Å². The molecule has 1 saturated heterocycles. The molecule has 1 aromatic rings. The van der Waals surface area contributed by atoms with Gasteiger partial charge in [-0.05, 0) is 36.5 Å². The summed E-state index contributed by atoms with van der Waals surface area (Å²) in [5.74, 6) is -0.187. The van der Waals surface area contributed by atoms with E-state index >= 15 is 0 Å². The molecule has 2 aliphatic rings. The van der Waals surface area contributed by atoms with Gasteiger partial charge in [0.2, 0.25) is 5.91 Å². The number of halogens is 1.